The Balaban J connectivity index is 1.52. The second kappa shape index (κ2) is 7.84. The van der Waals surface area contributed by atoms with Crippen molar-refractivity contribution in [3.63, 3.8) is 0 Å². The van der Waals surface area contributed by atoms with Gasteiger partial charge in [-0.15, -0.1) is 0 Å². The molecule has 0 radical (unpaired) electrons. The highest BCUT2D eigenvalue weighted by Crippen LogP contribution is 2.32. The fourth-order valence-electron chi connectivity index (χ4n) is 4.26. The molecule has 1 heterocycles. The van der Waals surface area contributed by atoms with E-state index in [1.54, 1.807) is 0 Å². The number of fused-ring (bicyclic) bond motifs is 3. The van der Waals surface area contributed by atoms with Crippen molar-refractivity contribution in [1.82, 2.24) is 0 Å². The molecular formula is C29H26O. The van der Waals surface area contributed by atoms with Gasteiger partial charge < -0.3 is 4.42 Å². The molecule has 30 heavy (non-hydrogen) atoms. The molecule has 0 saturated heterocycles. The van der Waals surface area contributed by atoms with Gasteiger partial charge in [0.05, 0.1) is 0 Å². The Kier molecular flexibility index (Phi) is 4.88. The number of rotatable bonds is 4. The molecule has 1 aliphatic rings. The molecular weight excluding hydrogens is 364 g/mol. The Morgan fingerprint density at radius 2 is 1.83 bits per heavy atom. The van der Waals surface area contributed by atoms with E-state index in [9.17, 15) is 0 Å². The third-order valence-corrected chi connectivity index (χ3v) is 5.94. The summed E-state index contributed by atoms with van der Waals surface area (Å²) in [5, 5.41) is 2.37. The second-order valence-corrected chi connectivity index (χ2v) is 8.35. The van der Waals surface area contributed by atoms with Crippen LogP contribution in [0, 0.1) is 12.8 Å². The molecule has 0 N–H and O–H groups in total. The molecule has 1 aromatic heterocycles. The molecule has 1 heteroatoms. The molecule has 0 aliphatic heterocycles. The summed E-state index contributed by atoms with van der Waals surface area (Å²) in [7, 11) is 0. The summed E-state index contributed by atoms with van der Waals surface area (Å²) in [4.78, 5) is 0. The van der Waals surface area contributed by atoms with Gasteiger partial charge in [0.1, 0.15) is 11.2 Å². The van der Waals surface area contributed by atoms with Gasteiger partial charge in [0.25, 0.3) is 0 Å². The van der Waals surface area contributed by atoms with E-state index < -0.39 is 0 Å². The Hall–Kier alpha value is -3.32. The second-order valence-electron chi connectivity index (χ2n) is 8.35. The standard InChI is InChI=1S/C29H26O/c1-20-10-14-23(15-11-20)25(24-7-5-6-21(2)18-24)16-12-22-13-17-27-26-8-3-4-9-28(26)30-29(27)19-22/h3-10,13-20H,11-12H2,1-2H3/b25-16+. The van der Waals surface area contributed by atoms with Gasteiger partial charge in [-0.25, -0.2) is 0 Å². The molecule has 1 aliphatic carbocycles. The molecule has 5 rings (SSSR count). The Labute approximate surface area is 178 Å². The highest BCUT2D eigenvalue weighted by atomic mass is 16.3. The summed E-state index contributed by atoms with van der Waals surface area (Å²) in [6.07, 6.45) is 11.3. The Morgan fingerprint density at radius 1 is 0.967 bits per heavy atom. The molecule has 0 spiro atoms. The van der Waals surface area contributed by atoms with E-state index in [1.165, 1.54) is 38.6 Å². The van der Waals surface area contributed by atoms with Crippen LogP contribution < -0.4 is 0 Å². The Morgan fingerprint density at radius 3 is 2.67 bits per heavy atom. The van der Waals surface area contributed by atoms with Crippen molar-refractivity contribution in [2.45, 2.75) is 26.7 Å². The maximum Gasteiger partial charge on any atom is 0.135 e. The minimum atomic E-state index is 0.614. The fraction of sp³-hybridized carbons (Fsp3) is 0.172. The van der Waals surface area contributed by atoms with Crippen molar-refractivity contribution in [2.24, 2.45) is 5.92 Å². The maximum atomic E-state index is 6.09. The number of hydrogen-bond donors (Lipinski definition) is 0. The van der Waals surface area contributed by atoms with Crippen LogP contribution in [0.1, 0.15) is 30.0 Å². The summed E-state index contributed by atoms with van der Waals surface area (Å²) in [6, 6.07) is 23.6. The molecule has 0 bridgehead atoms. The van der Waals surface area contributed by atoms with Crippen LogP contribution in [0.15, 0.2) is 101 Å². The smallest absolute Gasteiger partial charge is 0.135 e. The van der Waals surface area contributed by atoms with Crippen LogP contribution in [-0.4, -0.2) is 0 Å². The van der Waals surface area contributed by atoms with Gasteiger partial charge in [0, 0.05) is 10.8 Å². The zero-order valence-corrected chi connectivity index (χ0v) is 17.6. The van der Waals surface area contributed by atoms with Gasteiger partial charge in [0.2, 0.25) is 0 Å². The molecule has 148 valence electrons. The van der Waals surface area contributed by atoms with Gasteiger partial charge in [-0.2, -0.15) is 0 Å². The number of hydrogen-bond acceptors (Lipinski definition) is 1. The minimum Gasteiger partial charge on any atom is -0.456 e. The first-order valence-electron chi connectivity index (χ1n) is 10.7. The first kappa shape index (κ1) is 18.7. The summed E-state index contributed by atoms with van der Waals surface area (Å²) in [6.45, 7) is 4.42. The number of allylic oxidation sites excluding steroid dienone is 6. The predicted molar refractivity (Wildman–Crippen MR) is 128 cm³/mol. The quantitative estimate of drug-likeness (QED) is 0.343. The molecule has 3 aromatic carbocycles. The first-order chi connectivity index (χ1) is 14.7. The van der Waals surface area contributed by atoms with Crippen molar-refractivity contribution in [1.29, 1.82) is 0 Å². The van der Waals surface area contributed by atoms with E-state index in [-0.39, 0.29) is 0 Å². The van der Waals surface area contributed by atoms with E-state index in [4.69, 9.17) is 4.42 Å². The van der Waals surface area contributed by atoms with E-state index in [0.29, 0.717) is 5.92 Å². The SMILES string of the molecule is Cc1cccc(/C(=C/Cc2ccc3c(c2)oc2ccccc23)C2=CCC(C)C=C2)c1. The zero-order valence-electron chi connectivity index (χ0n) is 17.6. The van der Waals surface area contributed by atoms with Crippen LogP contribution in [0.2, 0.25) is 0 Å². The molecule has 4 aromatic rings. The number of aryl methyl sites for hydroxylation is 1. The van der Waals surface area contributed by atoms with Crippen molar-refractivity contribution in [2.75, 3.05) is 0 Å². The van der Waals surface area contributed by atoms with Crippen molar-refractivity contribution >= 4 is 27.5 Å². The average Bonchev–Trinajstić information content (AvgIpc) is 3.13. The number of furan rings is 1. The van der Waals surface area contributed by atoms with Gasteiger partial charge in [0.15, 0.2) is 0 Å². The minimum absolute atomic E-state index is 0.614. The normalized spacial score (nSPS) is 16.9. The zero-order chi connectivity index (χ0) is 20.5. The lowest BCUT2D eigenvalue weighted by molar-refractivity contribution is 0.668. The largest absolute Gasteiger partial charge is 0.456 e. The molecule has 0 fully saturated rings. The van der Waals surface area contributed by atoms with Crippen LogP contribution in [0.25, 0.3) is 27.5 Å². The highest BCUT2D eigenvalue weighted by Gasteiger charge is 2.11. The predicted octanol–water partition coefficient (Wildman–Crippen LogP) is 8.04. The molecule has 1 nitrogen and oxygen atoms in total. The third kappa shape index (κ3) is 3.64. The van der Waals surface area contributed by atoms with Crippen molar-refractivity contribution in [3.05, 3.63) is 113 Å². The van der Waals surface area contributed by atoms with Crippen LogP contribution >= 0.6 is 0 Å². The van der Waals surface area contributed by atoms with Gasteiger partial charge in [-0.05, 0) is 60.1 Å². The third-order valence-electron chi connectivity index (χ3n) is 5.94. The lowest BCUT2D eigenvalue weighted by atomic mass is 9.89. The van der Waals surface area contributed by atoms with E-state index in [0.717, 1.165) is 24.0 Å². The summed E-state index contributed by atoms with van der Waals surface area (Å²) in [5.74, 6) is 0.614. The van der Waals surface area contributed by atoms with E-state index in [1.807, 2.05) is 12.1 Å². The molecule has 1 unspecified atom stereocenters. The lowest BCUT2D eigenvalue weighted by Gasteiger charge is -2.16. The van der Waals surface area contributed by atoms with E-state index >= 15 is 0 Å². The topological polar surface area (TPSA) is 13.1 Å². The van der Waals surface area contributed by atoms with Crippen LogP contribution in [0.4, 0.5) is 0 Å². The van der Waals surface area contributed by atoms with Crippen molar-refractivity contribution in [3.8, 4) is 0 Å². The van der Waals surface area contributed by atoms with E-state index in [2.05, 4.69) is 92.7 Å². The highest BCUT2D eigenvalue weighted by molar-refractivity contribution is 6.04. The van der Waals surface area contributed by atoms with Crippen LogP contribution in [0.3, 0.4) is 0 Å². The molecule has 0 saturated carbocycles. The monoisotopic (exact) mass is 390 g/mol. The van der Waals surface area contributed by atoms with Crippen molar-refractivity contribution < 1.29 is 4.42 Å². The summed E-state index contributed by atoms with van der Waals surface area (Å²) < 4.78 is 6.09. The van der Waals surface area contributed by atoms with Crippen LogP contribution in [0.5, 0.6) is 0 Å². The summed E-state index contributed by atoms with van der Waals surface area (Å²) >= 11 is 0. The first-order valence-corrected chi connectivity index (χ1v) is 10.7. The fourth-order valence-corrected chi connectivity index (χ4v) is 4.26. The lowest BCUT2D eigenvalue weighted by Crippen LogP contribution is -1.98. The number of benzene rings is 3. The Bertz CT molecular complexity index is 1310. The maximum absolute atomic E-state index is 6.09. The number of para-hydroxylation sites is 1. The van der Waals surface area contributed by atoms with Gasteiger partial charge >= 0.3 is 0 Å². The van der Waals surface area contributed by atoms with Gasteiger partial charge in [-0.3, -0.25) is 0 Å². The van der Waals surface area contributed by atoms with Crippen LogP contribution in [-0.2, 0) is 6.42 Å². The summed E-state index contributed by atoms with van der Waals surface area (Å²) in [5.41, 5.74) is 8.38. The molecule has 1 atom stereocenters. The average molecular weight is 391 g/mol. The van der Waals surface area contributed by atoms with Gasteiger partial charge in [-0.1, -0.05) is 91.4 Å². The molecule has 0 amide bonds.